The van der Waals surface area contributed by atoms with Gasteiger partial charge >= 0.3 is 6.01 Å². The fraction of sp³-hybridized carbons (Fsp3) is 0.321. The molecule has 2 aromatic carbocycles. The number of hydrogen-bond donors (Lipinski definition) is 3. The fourth-order valence-electron chi connectivity index (χ4n) is 3.64. The lowest BCUT2D eigenvalue weighted by Gasteiger charge is -2.11. The Morgan fingerprint density at radius 3 is 2.28 bits per heavy atom. The molecule has 8 nitrogen and oxygen atoms in total. The van der Waals surface area contributed by atoms with Gasteiger partial charge in [-0.2, -0.15) is 5.26 Å². The van der Waals surface area contributed by atoms with Crippen molar-refractivity contribution < 1.29 is 16.4 Å². The molecule has 0 bridgehead atoms. The molecule has 1 fully saturated rings. The van der Waals surface area contributed by atoms with Crippen molar-refractivity contribution in [1.29, 1.82) is 5.26 Å². The number of anilines is 1. The number of rotatable bonds is 6. The van der Waals surface area contributed by atoms with E-state index in [-0.39, 0.29) is 1.43 Å². The van der Waals surface area contributed by atoms with Crippen molar-refractivity contribution >= 4 is 16.6 Å². The molecule has 190 valence electrons. The monoisotopic (exact) mass is 489 g/mol. The Morgan fingerprint density at radius 1 is 1.08 bits per heavy atom. The van der Waals surface area contributed by atoms with Gasteiger partial charge in [-0.25, -0.2) is 9.97 Å². The van der Waals surface area contributed by atoms with Gasteiger partial charge in [-0.15, -0.1) is 0 Å². The van der Waals surface area contributed by atoms with Crippen LogP contribution < -0.4 is 10.5 Å². The van der Waals surface area contributed by atoms with E-state index in [2.05, 4.69) is 34.5 Å². The predicted octanol–water partition coefficient (Wildman–Crippen LogP) is 5.74. The summed E-state index contributed by atoms with van der Waals surface area (Å²) >= 11 is 0. The van der Waals surface area contributed by atoms with Crippen LogP contribution in [-0.4, -0.2) is 31.5 Å². The third-order valence-electron chi connectivity index (χ3n) is 5.72. The normalized spacial score (nSPS) is 12.1. The van der Waals surface area contributed by atoms with Gasteiger partial charge in [-0.05, 0) is 54.7 Å². The van der Waals surface area contributed by atoms with E-state index in [1.165, 1.54) is 25.7 Å². The average molecular weight is 490 g/mol. The zero-order valence-electron chi connectivity index (χ0n) is 20.8. The zero-order chi connectivity index (χ0) is 25.9. The van der Waals surface area contributed by atoms with Crippen LogP contribution in [0.25, 0.3) is 22.2 Å². The van der Waals surface area contributed by atoms with Crippen LogP contribution in [0.1, 0.15) is 46.5 Å². The number of ether oxygens (including phenoxy) is 1. The topological polar surface area (TPSA) is 130 Å². The molecule has 2 aromatic heterocycles. The summed E-state index contributed by atoms with van der Waals surface area (Å²) in [5.41, 5.74) is 10.2. The minimum absolute atomic E-state index is 0. The van der Waals surface area contributed by atoms with Crippen molar-refractivity contribution in [2.24, 2.45) is 5.92 Å². The second-order valence-electron chi connectivity index (χ2n) is 8.47. The number of nitrogens with zero attached hydrogens (tertiary/aromatic N) is 4. The van der Waals surface area contributed by atoms with Crippen LogP contribution in [0.2, 0.25) is 0 Å². The highest BCUT2D eigenvalue weighted by atomic mass is 16.5. The van der Waals surface area contributed by atoms with E-state index in [1.807, 2.05) is 42.5 Å². The van der Waals surface area contributed by atoms with Gasteiger partial charge in [0.05, 0.1) is 16.8 Å². The number of hydrogen-bond acceptors (Lipinski definition) is 7. The summed E-state index contributed by atoms with van der Waals surface area (Å²) in [5, 5.41) is 25.1. The molecule has 36 heavy (non-hydrogen) atoms. The van der Waals surface area contributed by atoms with E-state index >= 15 is 0 Å². The van der Waals surface area contributed by atoms with E-state index in [0.29, 0.717) is 28.9 Å². The maximum Gasteiger partial charge on any atom is 0.321 e. The average Bonchev–Trinajstić information content (AvgIpc) is 3.67. The molecule has 0 unspecified atom stereocenters. The summed E-state index contributed by atoms with van der Waals surface area (Å²) in [6.07, 6.45) is 8.36. The molecule has 8 heteroatoms. The SMILES string of the molecule is CCCC.N#Cc1c(-c2ccc(N)cc2)n(CC2CC2)c2cc(Oc3ncccn3)ccc12.OCO.[HH]. The lowest BCUT2D eigenvalue weighted by atomic mass is 10.1. The highest BCUT2D eigenvalue weighted by molar-refractivity contribution is 5.95. The smallest absolute Gasteiger partial charge is 0.321 e. The molecule has 4 N–H and O–H groups in total. The van der Waals surface area contributed by atoms with E-state index < -0.39 is 6.79 Å². The number of aromatic nitrogens is 3. The molecule has 0 saturated heterocycles. The van der Waals surface area contributed by atoms with E-state index in [4.69, 9.17) is 20.7 Å². The fourth-order valence-corrected chi connectivity index (χ4v) is 3.64. The molecule has 0 aliphatic heterocycles. The molecular formula is C28H35N5O3. The molecule has 2 heterocycles. The van der Waals surface area contributed by atoms with Crippen molar-refractivity contribution in [3.05, 3.63) is 66.5 Å². The highest BCUT2D eigenvalue weighted by Gasteiger charge is 2.26. The minimum atomic E-state index is -0.750. The lowest BCUT2D eigenvalue weighted by Crippen LogP contribution is -2.02. The van der Waals surface area contributed by atoms with Gasteiger partial charge in [0, 0.05) is 37.5 Å². The standard InChI is InChI=1S/C23H19N5O.C4H10.CH4O2.H2/c24-13-20-19-9-8-18(29-23-26-10-1-11-27-23)12-21(19)28(14-15-2-3-15)22(20)16-4-6-17(25)7-5-16;1-3-4-2;2-1-3;/h1,4-12,15H,2-3,14,25H2;3-4H2,1-2H3;2-3H,1H2;1H. The largest absolute Gasteiger partial charge is 0.424 e. The van der Waals surface area contributed by atoms with E-state index in [1.54, 1.807) is 18.5 Å². The number of aliphatic hydroxyl groups is 2. The summed E-state index contributed by atoms with van der Waals surface area (Å²) in [4.78, 5) is 8.25. The first-order valence-electron chi connectivity index (χ1n) is 12.1. The number of benzene rings is 2. The predicted molar refractivity (Wildman–Crippen MR) is 143 cm³/mol. The Labute approximate surface area is 213 Å². The molecule has 1 saturated carbocycles. The van der Waals surface area contributed by atoms with Gasteiger partial charge in [-0.3, -0.25) is 0 Å². The Balaban J connectivity index is 0.000000541. The van der Waals surface area contributed by atoms with Gasteiger partial charge < -0.3 is 25.3 Å². The number of nitrogens with two attached hydrogens (primary N) is 1. The van der Waals surface area contributed by atoms with Gasteiger partial charge in [0.1, 0.15) is 18.6 Å². The Hall–Kier alpha value is -3.93. The third-order valence-corrected chi connectivity index (χ3v) is 5.72. The number of fused-ring (bicyclic) bond motifs is 1. The molecule has 5 rings (SSSR count). The summed E-state index contributed by atoms with van der Waals surface area (Å²) in [5.74, 6) is 1.29. The van der Waals surface area contributed by atoms with Crippen molar-refractivity contribution in [2.75, 3.05) is 12.5 Å². The second-order valence-corrected chi connectivity index (χ2v) is 8.47. The molecule has 0 atom stereocenters. The highest BCUT2D eigenvalue weighted by Crippen LogP contribution is 2.40. The van der Waals surface area contributed by atoms with Gasteiger partial charge in [0.25, 0.3) is 0 Å². The van der Waals surface area contributed by atoms with Crippen LogP contribution in [0.4, 0.5) is 5.69 Å². The molecule has 1 aliphatic carbocycles. The van der Waals surface area contributed by atoms with Crippen LogP contribution >= 0.6 is 0 Å². The maximum absolute atomic E-state index is 9.96. The Kier molecular flexibility index (Phi) is 9.81. The van der Waals surface area contributed by atoms with E-state index in [0.717, 1.165) is 28.7 Å². The number of unbranched alkanes of at least 4 members (excludes halogenated alkanes) is 1. The summed E-state index contributed by atoms with van der Waals surface area (Å²) in [6.45, 7) is 4.49. The third kappa shape index (κ3) is 6.81. The second kappa shape index (κ2) is 13.2. The van der Waals surface area contributed by atoms with Crippen LogP contribution in [-0.2, 0) is 6.54 Å². The van der Waals surface area contributed by atoms with Crippen molar-refractivity contribution in [2.45, 2.75) is 46.1 Å². The summed E-state index contributed by atoms with van der Waals surface area (Å²) in [7, 11) is 0. The zero-order valence-corrected chi connectivity index (χ0v) is 20.8. The van der Waals surface area contributed by atoms with Crippen LogP contribution in [0.15, 0.2) is 60.9 Å². The molecule has 0 amide bonds. The molecular weight excluding hydrogens is 454 g/mol. The minimum Gasteiger partial charge on any atom is -0.424 e. The van der Waals surface area contributed by atoms with Gasteiger partial charge in [0.15, 0.2) is 0 Å². The maximum atomic E-state index is 9.96. The molecule has 0 radical (unpaired) electrons. The van der Waals surface area contributed by atoms with Crippen LogP contribution in [0, 0.1) is 17.2 Å². The van der Waals surface area contributed by atoms with Crippen molar-refractivity contribution in [1.82, 2.24) is 14.5 Å². The van der Waals surface area contributed by atoms with E-state index in [9.17, 15) is 5.26 Å². The molecule has 1 aliphatic rings. The van der Waals surface area contributed by atoms with Crippen LogP contribution in [0.3, 0.4) is 0 Å². The van der Waals surface area contributed by atoms with Gasteiger partial charge in [0.2, 0.25) is 0 Å². The first-order valence-corrected chi connectivity index (χ1v) is 12.1. The Bertz CT molecular complexity index is 1280. The summed E-state index contributed by atoms with van der Waals surface area (Å²) in [6, 6.07) is 17.9. The lowest BCUT2D eigenvalue weighted by molar-refractivity contribution is 0.0773. The number of aliphatic hydroxyl groups excluding tert-OH is 1. The Morgan fingerprint density at radius 2 is 1.72 bits per heavy atom. The number of nitrogen functional groups attached to an aromatic ring is 1. The number of nitriles is 1. The van der Waals surface area contributed by atoms with Crippen molar-refractivity contribution in [3.63, 3.8) is 0 Å². The van der Waals surface area contributed by atoms with Gasteiger partial charge in [-0.1, -0.05) is 38.8 Å². The first kappa shape index (κ1) is 26.7. The van der Waals surface area contributed by atoms with Crippen LogP contribution in [0.5, 0.6) is 11.8 Å². The summed E-state index contributed by atoms with van der Waals surface area (Å²) < 4.78 is 8.08. The van der Waals surface area contributed by atoms with Crippen molar-refractivity contribution in [3.8, 4) is 29.1 Å². The molecule has 0 spiro atoms. The quantitative estimate of drug-likeness (QED) is 0.233. The first-order chi connectivity index (χ1) is 17.6. The molecule has 4 aromatic rings.